The second-order valence-corrected chi connectivity index (χ2v) is 16.8. The Morgan fingerprint density at radius 3 is 1.55 bits per heavy atom. The lowest BCUT2D eigenvalue weighted by molar-refractivity contribution is 0.563. The molecular formula is C58H41NO. The van der Waals surface area contributed by atoms with Gasteiger partial charge in [-0.05, 0) is 109 Å². The molecule has 0 aliphatic heterocycles. The van der Waals surface area contributed by atoms with Crippen molar-refractivity contribution < 1.29 is 4.42 Å². The van der Waals surface area contributed by atoms with Crippen molar-refractivity contribution in [2.45, 2.75) is 24.7 Å². The highest BCUT2D eigenvalue weighted by Gasteiger charge is 2.53. The van der Waals surface area contributed by atoms with E-state index in [0.717, 1.165) is 39.0 Å². The van der Waals surface area contributed by atoms with E-state index in [1.165, 1.54) is 66.8 Å². The van der Waals surface area contributed by atoms with Crippen molar-refractivity contribution in [3.63, 3.8) is 0 Å². The van der Waals surface area contributed by atoms with E-state index in [-0.39, 0.29) is 5.41 Å². The van der Waals surface area contributed by atoms with Gasteiger partial charge < -0.3 is 9.32 Å². The molecule has 1 spiro atoms. The molecule has 60 heavy (non-hydrogen) atoms. The first-order valence-electron chi connectivity index (χ1n) is 20.9. The number of benzene rings is 9. The highest BCUT2D eigenvalue weighted by molar-refractivity contribution is 6.06. The number of para-hydroxylation sites is 1. The maximum Gasteiger partial charge on any atom is 0.137 e. The van der Waals surface area contributed by atoms with Crippen LogP contribution in [0.25, 0.3) is 55.3 Å². The third kappa shape index (κ3) is 4.88. The van der Waals surface area contributed by atoms with Gasteiger partial charge in [-0.15, -0.1) is 0 Å². The molecule has 0 saturated carbocycles. The Kier molecular flexibility index (Phi) is 7.52. The summed E-state index contributed by atoms with van der Waals surface area (Å²) >= 11 is 0. The molecule has 2 nitrogen and oxygen atoms in total. The van der Waals surface area contributed by atoms with E-state index < -0.39 is 5.41 Å². The van der Waals surface area contributed by atoms with E-state index in [9.17, 15) is 0 Å². The monoisotopic (exact) mass is 767 g/mol. The van der Waals surface area contributed by atoms with Crippen LogP contribution in [0.3, 0.4) is 0 Å². The summed E-state index contributed by atoms with van der Waals surface area (Å²) in [5, 5.41) is 2.25. The molecule has 0 radical (unpaired) electrons. The number of hydrogen-bond donors (Lipinski definition) is 0. The molecule has 2 heteroatoms. The summed E-state index contributed by atoms with van der Waals surface area (Å²) in [7, 11) is 0. The van der Waals surface area contributed by atoms with E-state index in [1.54, 1.807) is 0 Å². The molecule has 0 amide bonds. The van der Waals surface area contributed by atoms with Gasteiger partial charge in [0.05, 0.1) is 5.41 Å². The fourth-order valence-corrected chi connectivity index (χ4v) is 10.7. The molecule has 1 heterocycles. The Morgan fingerprint density at radius 2 is 0.850 bits per heavy atom. The van der Waals surface area contributed by atoms with Gasteiger partial charge >= 0.3 is 0 Å². The Balaban J connectivity index is 1.02. The molecule has 0 saturated heterocycles. The maximum absolute atomic E-state index is 6.42. The van der Waals surface area contributed by atoms with Crippen LogP contribution in [0.15, 0.2) is 217 Å². The van der Waals surface area contributed by atoms with Crippen LogP contribution in [0, 0.1) is 0 Å². The zero-order valence-electron chi connectivity index (χ0n) is 33.6. The molecule has 0 atom stereocenters. The highest BCUT2D eigenvalue weighted by Crippen LogP contribution is 2.63. The van der Waals surface area contributed by atoms with Gasteiger partial charge in [-0.3, -0.25) is 0 Å². The van der Waals surface area contributed by atoms with Gasteiger partial charge in [0.1, 0.15) is 11.2 Å². The molecule has 2 aliphatic rings. The van der Waals surface area contributed by atoms with Crippen molar-refractivity contribution >= 4 is 39.0 Å². The number of fused-ring (bicyclic) bond motifs is 12. The van der Waals surface area contributed by atoms with Gasteiger partial charge in [0.2, 0.25) is 0 Å². The summed E-state index contributed by atoms with van der Waals surface area (Å²) < 4.78 is 6.42. The van der Waals surface area contributed by atoms with Crippen LogP contribution in [0.2, 0.25) is 0 Å². The van der Waals surface area contributed by atoms with Gasteiger partial charge in [-0.1, -0.05) is 178 Å². The summed E-state index contributed by atoms with van der Waals surface area (Å²) in [5.74, 6) is 0. The lowest BCUT2D eigenvalue weighted by atomic mass is 9.55. The Morgan fingerprint density at radius 1 is 0.350 bits per heavy atom. The predicted molar refractivity (Wildman–Crippen MR) is 249 cm³/mol. The Bertz CT molecular complexity index is 3230. The van der Waals surface area contributed by atoms with Crippen LogP contribution in [0.1, 0.15) is 47.2 Å². The number of nitrogens with zero attached hydrogens (tertiary/aromatic N) is 1. The second-order valence-electron chi connectivity index (χ2n) is 16.8. The number of anilines is 3. The fourth-order valence-electron chi connectivity index (χ4n) is 10.7. The summed E-state index contributed by atoms with van der Waals surface area (Å²) in [6, 6.07) is 77.8. The predicted octanol–water partition coefficient (Wildman–Crippen LogP) is 15.4. The van der Waals surface area contributed by atoms with Crippen molar-refractivity contribution in [1.82, 2.24) is 0 Å². The molecule has 284 valence electrons. The molecule has 10 aromatic rings. The summed E-state index contributed by atoms with van der Waals surface area (Å²) in [6.07, 6.45) is 0. The number of rotatable bonds is 5. The average Bonchev–Trinajstić information content (AvgIpc) is 3.83. The van der Waals surface area contributed by atoms with Crippen LogP contribution >= 0.6 is 0 Å². The molecule has 0 N–H and O–H groups in total. The molecule has 12 rings (SSSR count). The molecule has 0 unspecified atom stereocenters. The minimum absolute atomic E-state index is 0.133. The molecule has 2 aliphatic carbocycles. The Hall–Kier alpha value is -7.42. The van der Waals surface area contributed by atoms with Crippen LogP contribution < -0.4 is 4.90 Å². The molecule has 0 fully saturated rings. The van der Waals surface area contributed by atoms with Crippen molar-refractivity contribution in [3.05, 3.63) is 246 Å². The zero-order valence-corrected chi connectivity index (χ0v) is 33.6. The normalized spacial score (nSPS) is 14.1. The second kappa shape index (κ2) is 13.0. The minimum atomic E-state index is -0.428. The maximum atomic E-state index is 6.42. The van der Waals surface area contributed by atoms with Crippen LogP contribution in [0.4, 0.5) is 17.1 Å². The smallest absolute Gasteiger partial charge is 0.137 e. The molecule has 9 aromatic carbocycles. The highest BCUT2D eigenvalue weighted by atomic mass is 16.3. The number of furan rings is 1. The molecular weight excluding hydrogens is 727 g/mol. The minimum Gasteiger partial charge on any atom is -0.456 e. The van der Waals surface area contributed by atoms with E-state index >= 15 is 0 Å². The third-order valence-corrected chi connectivity index (χ3v) is 13.4. The first kappa shape index (κ1) is 34.6. The van der Waals surface area contributed by atoms with Gasteiger partial charge in [-0.25, -0.2) is 0 Å². The Labute approximate surface area is 350 Å². The molecule has 0 bridgehead atoms. The van der Waals surface area contributed by atoms with Crippen LogP contribution in [0.5, 0.6) is 0 Å². The summed E-state index contributed by atoms with van der Waals surface area (Å²) in [4.78, 5) is 2.34. The standard InChI is InChI=1S/C58H41NO/c1-57(2)49-21-9-11-23-51(49)58(52-24-12-10-22-50(52)57)48-20-8-6-18-47(48)56-44(19-14-25-53(56)58)40-29-33-42(34-30-40)59(41-31-27-39(28-32-41)38-15-4-3-5-16-38)43-35-36-46-45-17-7-13-26-54(45)60-55(46)37-43/h3-37H,1-2H3. The third-order valence-electron chi connectivity index (χ3n) is 13.4. The quantitative estimate of drug-likeness (QED) is 0.173. The van der Waals surface area contributed by atoms with E-state index in [2.05, 4.69) is 219 Å². The number of hydrogen-bond acceptors (Lipinski definition) is 2. The van der Waals surface area contributed by atoms with Crippen LogP contribution in [-0.4, -0.2) is 0 Å². The van der Waals surface area contributed by atoms with Gasteiger partial charge in [-0.2, -0.15) is 0 Å². The van der Waals surface area contributed by atoms with Crippen molar-refractivity contribution in [3.8, 4) is 33.4 Å². The van der Waals surface area contributed by atoms with Crippen molar-refractivity contribution in [2.24, 2.45) is 0 Å². The van der Waals surface area contributed by atoms with Crippen molar-refractivity contribution in [2.75, 3.05) is 4.90 Å². The summed E-state index contributed by atoms with van der Waals surface area (Å²) in [6.45, 7) is 4.76. The van der Waals surface area contributed by atoms with E-state index in [0.29, 0.717) is 0 Å². The van der Waals surface area contributed by atoms with Crippen LogP contribution in [-0.2, 0) is 10.8 Å². The topological polar surface area (TPSA) is 16.4 Å². The lowest BCUT2D eigenvalue weighted by Crippen LogP contribution is -2.40. The van der Waals surface area contributed by atoms with E-state index in [1.807, 2.05) is 12.1 Å². The first-order chi connectivity index (χ1) is 29.5. The summed E-state index contributed by atoms with van der Waals surface area (Å²) in [5.41, 5.74) is 20.1. The first-order valence-corrected chi connectivity index (χ1v) is 20.9. The van der Waals surface area contributed by atoms with Gasteiger partial charge in [0.25, 0.3) is 0 Å². The average molecular weight is 768 g/mol. The largest absolute Gasteiger partial charge is 0.456 e. The SMILES string of the molecule is CC1(C)c2ccccc2C2(c3ccccc3-c3c(-c4ccc(N(c5ccc(-c6ccccc6)cc5)c5ccc6c(c5)oc5ccccc56)cc4)cccc32)c2ccccc21. The zero-order chi connectivity index (χ0) is 40.0. The van der Waals surface area contributed by atoms with E-state index in [4.69, 9.17) is 4.42 Å². The lowest BCUT2D eigenvalue weighted by Gasteiger charge is -2.46. The van der Waals surface area contributed by atoms with Gasteiger partial charge in [0, 0.05) is 39.3 Å². The van der Waals surface area contributed by atoms with Gasteiger partial charge in [0.15, 0.2) is 0 Å². The van der Waals surface area contributed by atoms with Crippen molar-refractivity contribution in [1.29, 1.82) is 0 Å². The fraction of sp³-hybridized carbons (Fsp3) is 0.0690. The molecule has 1 aromatic heterocycles.